The van der Waals surface area contributed by atoms with Crippen molar-refractivity contribution in [3.05, 3.63) is 41.6 Å². The van der Waals surface area contributed by atoms with E-state index in [0.29, 0.717) is 0 Å². The summed E-state index contributed by atoms with van der Waals surface area (Å²) in [4.78, 5) is 0. The van der Waals surface area contributed by atoms with Crippen molar-refractivity contribution in [2.24, 2.45) is 17.8 Å². The van der Waals surface area contributed by atoms with E-state index in [-0.39, 0.29) is 14.9 Å². The molecule has 0 aliphatic rings. The quantitative estimate of drug-likeness (QED) is 0.140. The zero-order valence-electron chi connectivity index (χ0n) is 24.6. The third-order valence-corrected chi connectivity index (χ3v) is 12.2. The highest BCUT2D eigenvalue weighted by atomic mass is 79.9. The lowest BCUT2D eigenvalue weighted by molar-refractivity contribution is 0.435. The van der Waals surface area contributed by atoms with Gasteiger partial charge in [0.25, 0.3) is 0 Å². The van der Waals surface area contributed by atoms with Crippen molar-refractivity contribution in [1.82, 2.24) is 0 Å². The van der Waals surface area contributed by atoms with Gasteiger partial charge in [0.05, 0.1) is 0 Å². The summed E-state index contributed by atoms with van der Waals surface area (Å²) < 4.78 is 2.27. The Morgan fingerprint density at radius 1 is 0.564 bits per heavy atom. The van der Waals surface area contributed by atoms with Crippen LogP contribution in [0.4, 0.5) is 0 Å². The topological polar surface area (TPSA) is 0 Å². The van der Waals surface area contributed by atoms with Crippen LogP contribution in [0.15, 0.2) is 30.5 Å². The first-order valence-electron chi connectivity index (χ1n) is 14.9. The lowest BCUT2D eigenvalue weighted by atomic mass is 9.87. The van der Waals surface area contributed by atoms with Crippen LogP contribution in [0.5, 0.6) is 0 Å². The number of hydrogen-bond acceptors (Lipinski definition) is 2. The number of unbranched alkanes of at least 4 members (excludes halogenated alkanes) is 3. The Labute approximate surface area is 279 Å². The van der Waals surface area contributed by atoms with Crippen LogP contribution in [0.3, 0.4) is 0 Å². The van der Waals surface area contributed by atoms with E-state index in [1.54, 1.807) is 22.5 Å². The summed E-state index contributed by atoms with van der Waals surface area (Å²) in [6, 6.07) is 0. The van der Waals surface area contributed by atoms with E-state index >= 15 is 0 Å². The Bertz CT molecular complexity index is 687. The van der Waals surface area contributed by atoms with Crippen molar-refractivity contribution < 1.29 is 0 Å². The second-order valence-electron chi connectivity index (χ2n) is 10.3. The van der Waals surface area contributed by atoms with E-state index in [4.69, 9.17) is 0 Å². The molecule has 0 amide bonds. The summed E-state index contributed by atoms with van der Waals surface area (Å²) in [6.07, 6.45) is 19.0. The molecule has 232 valence electrons. The molecular weight excluding hydrogens is 712 g/mol. The molecule has 0 aliphatic carbocycles. The van der Waals surface area contributed by atoms with Crippen molar-refractivity contribution in [2.45, 2.75) is 146 Å². The van der Waals surface area contributed by atoms with E-state index in [1.165, 1.54) is 95.2 Å². The average Bonchev–Trinajstić information content (AvgIpc) is 3.52. The number of halogens is 3. The first kappa shape index (κ1) is 44.3. The maximum absolute atomic E-state index is 3.51. The zero-order valence-corrected chi connectivity index (χ0v) is 31.0. The first-order chi connectivity index (χ1) is 17.9. The predicted octanol–water partition coefficient (Wildman–Crippen LogP) is 15.4. The summed E-state index contributed by atoms with van der Waals surface area (Å²) >= 11 is 13.8. The lowest BCUT2D eigenvalue weighted by Crippen LogP contribution is -2.08. The van der Waals surface area contributed by atoms with Gasteiger partial charge in [-0.1, -0.05) is 143 Å². The van der Waals surface area contributed by atoms with Crippen LogP contribution < -0.4 is 0 Å². The predicted molar refractivity (Wildman–Crippen MR) is 199 cm³/mol. The van der Waals surface area contributed by atoms with Crippen LogP contribution in [-0.2, 0) is 12.8 Å². The highest BCUT2D eigenvalue weighted by molar-refractivity contribution is 9.13. The smallest absolute Gasteiger partial charge is 0.0424 e. The minimum atomic E-state index is 0. The number of alkyl halides is 1. The van der Waals surface area contributed by atoms with Gasteiger partial charge in [0.15, 0.2) is 0 Å². The van der Waals surface area contributed by atoms with Gasteiger partial charge in [-0.25, -0.2) is 0 Å². The summed E-state index contributed by atoms with van der Waals surface area (Å²) in [5, 5.41) is 10.1. The Morgan fingerprint density at radius 2 is 0.897 bits per heavy atom. The van der Waals surface area contributed by atoms with Crippen LogP contribution >= 0.6 is 70.5 Å². The van der Waals surface area contributed by atoms with Crippen molar-refractivity contribution in [1.29, 1.82) is 0 Å². The molecule has 39 heavy (non-hydrogen) atoms. The van der Waals surface area contributed by atoms with Gasteiger partial charge in [-0.3, -0.25) is 0 Å². The third-order valence-electron chi connectivity index (χ3n) is 7.27. The molecule has 0 nitrogen and oxygen atoms in total. The maximum atomic E-state index is 3.51. The molecule has 0 aromatic carbocycles. The standard InChI is InChI=1S/C20H36S.C8H17Br.C4H2Br2S.2CH4/c1-5-9-11-17(7-3)13-19-15-21-16-20(19)14-18(8-4)12-10-6-2;1-3-5-6-8(4-2)7-9;5-3-1-7-2-4(3)6;;/h15-18H,5-14H2,1-4H3;8H,3-7H2,1-2H3;1-2H;2*1H4. The molecule has 0 spiro atoms. The molecule has 2 aromatic heterocycles. The second kappa shape index (κ2) is 30.3. The van der Waals surface area contributed by atoms with Crippen molar-refractivity contribution in [3.63, 3.8) is 0 Å². The molecule has 0 radical (unpaired) electrons. The minimum Gasteiger partial charge on any atom is -0.152 e. The Balaban J connectivity index is -0.000000595. The van der Waals surface area contributed by atoms with Gasteiger partial charge in [-0.2, -0.15) is 22.7 Å². The molecule has 0 bridgehead atoms. The molecule has 2 heterocycles. The fourth-order valence-corrected chi connectivity index (χ4v) is 7.78. The normalized spacial score (nSPS) is 12.5. The lowest BCUT2D eigenvalue weighted by Gasteiger charge is -2.18. The molecular formula is C34H63Br3S2. The fourth-order valence-electron chi connectivity index (χ4n) is 4.37. The molecule has 0 N–H and O–H groups in total. The highest BCUT2D eigenvalue weighted by Gasteiger charge is 2.14. The van der Waals surface area contributed by atoms with Crippen LogP contribution in [-0.4, -0.2) is 5.33 Å². The Hall–Kier alpha value is 0.840. The molecule has 3 unspecified atom stereocenters. The number of rotatable bonds is 17. The SMILES string of the molecule is Brc1cscc1Br.C.C.CCCCC(CC)CBr.CCCCC(CC)Cc1cscc1CC(CC)CCCC. The van der Waals surface area contributed by atoms with Crippen molar-refractivity contribution in [3.8, 4) is 0 Å². The summed E-state index contributed by atoms with van der Waals surface area (Å²) in [7, 11) is 0. The zero-order chi connectivity index (χ0) is 27.9. The van der Waals surface area contributed by atoms with Crippen LogP contribution in [0.1, 0.15) is 145 Å². The fraction of sp³-hybridized carbons (Fsp3) is 0.765. The van der Waals surface area contributed by atoms with Crippen LogP contribution in [0.2, 0.25) is 0 Å². The van der Waals surface area contributed by atoms with Gasteiger partial charge >= 0.3 is 0 Å². The summed E-state index contributed by atoms with van der Waals surface area (Å²) in [5.41, 5.74) is 3.33. The molecule has 0 fully saturated rings. The molecule has 0 saturated carbocycles. The summed E-state index contributed by atoms with van der Waals surface area (Å²) in [6.45, 7) is 13.9. The van der Waals surface area contributed by atoms with E-state index in [9.17, 15) is 0 Å². The first-order valence-corrected chi connectivity index (χ1v) is 19.5. The van der Waals surface area contributed by atoms with Gasteiger partial charge in [0, 0.05) is 25.0 Å². The molecule has 3 atom stereocenters. The number of hydrogen-bond donors (Lipinski definition) is 0. The van der Waals surface area contributed by atoms with E-state index in [0.717, 1.165) is 26.7 Å². The number of thiophene rings is 2. The van der Waals surface area contributed by atoms with Gasteiger partial charge in [-0.15, -0.1) is 0 Å². The van der Waals surface area contributed by atoms with Gasteiger partial charge in [0.1, 0.15) is 0 Å². The minimum absolute atomic E-state index is 0. The second-order valence-corrected chi connectivity index (χ2v) is 14.1. The Kier molecular flexibility index (Phi) is 34.4. The largest absolute Gasteiger partial charge is 0.152 e. The third kappa shape index (κ3) is 22.1. The average molecular weight is 776 g/mol. The van der Waals surface area contributed by atoms with Crippen molar-refractivity contribution >= 4 is 70.5 Å². The van der Waals surface area contributed by atoms with E-state index < -0.39 is 0 Å². The monoisotopic (exact) mass is 772 g/mol. The van der Waals surface area contributed by atoms with E-state index in [2.05, 4.69) is 100 Å². The van der Waals surface area contributed by atoms with Gasteiger partial charge in [0.2, 0.25) is 0 Å². The van der Waals surface area contributed by atoms with Crippen molar-refractivity contribution in [2.75, 3.05) is 5.33 Å². The molecule has 2 rings (SSSR count). The Morgan fingerprint density at radius 3 is 1.15 bits per heavy atom. The van der Waals surface area contributed by atoms with Crippen LogP contribution in [0.25, 0.3) is 0 Å². The molecule has 2 aromatic rings. The van der Waals surface area contributed by atoms with E-state index in [1.807, 2.05) is 22.1 Å². The maximum Gasteiger partial charge on any atom is 0.0424 e. The van der Waals surface area contributed by atoms with Crippen LogP contribution in [0, 0.1) is 17.8 Å². The molecule has 0 aliphatic heterocycles. The molecule has 5 heteroatoms. The van der Waals surface area contributed by atoms with Gasteiger partial charge in [-0.05, 0) is 90.8 Å². The highest BCUT2D eigenvalue weighted by Crippen LogP contribution is 2.28. The summed E-state index contributed by atoms with van der Waals surface area (Å²) in [5.74, 6) is 2.72. The van der Waals surface area contributed by atoms with Gasteiger partial charge < -0.3 is 0 Å². The molecule has 0 saturated heterocycles.